The molecule has 22 heavy (non-hydrogen) atoms. The van der Waals surface area contributed by atoms with Crippen molar-refractivity contribution < 1.29 is 35.0 Å². The summed E-state index contributed by atoms with van der Waals surface area (Å²) in [6, 6.07) is 0. The van der Waals surface area contributed by atoms with Gasteiger partial charge in [-0.1, -0.05) is 27.7 Å². The lowest BCUT2D eigenvalue weighted by molar-refractivity contribution is -0.0171. The molecule has 7 unspecified atom stereocenters. The second-order valence-electron chi connectivity index (χ2n) is 4.64. The van der Waals surface area contributed by atoms with Crippen LogP contribution in [0, 0.1) is 0 Å². The lowest BCUT2D eigenvalue weighted by Gasteiger charge is -2.10. The van der Waals surface area contributed by atoms with Crippen molar-refractivity contribution in [1.29, 1.82) is 0 Å². The van der Waals surface area contributed by atoms with Gasteiger partial charge in [-0.15, -0.1) is 0 Å². The van der Waals surface area contributed by atoms with Gasteiger partial charge in [0.05, 0.1) is 25.4 Å². The Hall–Kier alpha value is -0.280. The van der Waals surface area contributed by atoms with Crippen LogP contribution in [0.15, 0.2) is 0 Å². The van der Waals surface area contributed by atoms with Gasteiger partial charge in [-0.3, -0.25) is 0 Å². The molecule has 2 fully saturated rings. The zero-order chi connectivity index (χ0) is 17.9. The summed E-state index contributed by atoms with van der Waals surface area (Å²) >= 11 is 0. The number of hydrogen-bond donors (Lipinski definition) is 5. The summed E-state index contributed by atoms with van der Waals surface area (Å²) in [5, 5.41) is 44.4. The van der Waals surface area contributed by atoms with E-state index in [1.807, 2.05) is 27.7 Å². The Bertz CT molecular complexity index is 242. The Morgan fingerprint density at radius 2 is 1.32 bits per heavy atom. The smallest absolute Gasteiger partial charge is 0.111 e. The van der Waals surface area contributed by atoms with Crippen molar-refractivity contribution in [2.24, 2.45) is 0 Å². The quantitative estimate of drug-likeness (QED) is 0.447. The lowest BCUT2D eigenvalue weighted by Crippen LogP contribution is -2.33. The predicted octanol–water partition coefficient (Wildman–Crippen LogP) is -0.333. The molecule has 0 bridgehead atoms. The van der Waals surface area contributed by atoms with E-state index in [1.54, 1.807) is 13.8 Å². The molecule has 0 aromatic rings. The van der Waals surface area contributed by atoms with Crippen LogP contribution in [0.1, 0.15) is 41.5 Å². The van der Waals surface area contributed by atoms with E-state index in [4.69, 9.17) is 35.0 Å². The van der Waals surface area contributed by atoms with Crippen LogP contribution in [-0.4, -0.2) is 81.5 Å². The molecule has 0 aromatic carbocycles. The first-order valence-corrected chi connectivity index (χ1v) is 7.98. The highest BCUT2D eigenvalue weighted by atomic mass is 16.6. The lowest BCUT2D eigenvalue weighted by atomic mass is 10.1. The molecule has 0 amide bonds. The third-order valence-corrected chi connectivity index (χ3v) is 3.19. The molecule has 0 saturated carbocycles. The van der Waals surface area contributed by atoms with Crippen LogP contribution in [0.5, 0.6) is 0 Å². The molecule has 0 aromatic heterocycles. The molecule has 7 nitrogen and oxygen atoms in total. The Labute approximate surface area is 133 Å². The summed E-state index contributed by atoms with van der Waals surface area (Å²) in [5.74, 6) is 0. The van der Waals surface area contributed by atoms with Crippen molar-refractivity contribution in [3.63, 3.8) is 0 Å². The fourth-order valence-corrected chi connectivity index (χ4v) is 1.85. The molecule has 7 atom stereocenters. The van der Waals surface area contributed by atoms with Gasteiger partial charge in [-0.2, -0.15) is 0 Å². The molecule has 2 heterocycles. The van der Waals surface area contributed by atoms with Crippen LogP contribution in [0.25, 0.3) is 0 Å². The monoisotopic (exact) mass is 326 g/mol. The molecule has 2 rings (SSSR count). The number of hydrogen-bond acceptors (Lipinski definition) is 7. The zero-order valence-corrected chi connectivity index (χ0v) is 14.5. The molecular weight excluding hydrogens is 292 g/mol. The van der Waals surface area contributed by atoms with Gasteiger partial charge >= 0.3 is 0 Å². The highest BCUT2D eigenvalue weighted by Gasteiger charge is 2.39. The summed E-state index contributed by atoms with van der Waals surface area (Å²) in [4.78, 5) is 0. The van der Waals surface area contributed by atoms with E-state index in [9.17, 15) is 0 Å². The Kier molecular flexibility index (Phi) is 14.4. The average molecular weight is 326 g/mol. The molecule has 2 saturated heterocycles. The highest BCUT2D eigenvalue weighted by Crippen LogP contribution is 2.19. The molecule has 5 N–H and O–H groups in total. The normalized spacial score (nSPS) is 39.7. The third kappa shape index (κ3) is 7.32. The van der Waals surface area contributed by atoms with E-state index in [0.29, 0.717) is 0 Å². The van der Waals surface area contributed by atoms with Gasteiger partial charge in [0.2, 0.25) is 0 Å². The van der Waals surface area contributed by atoms with Gasteiger partial charge < -0.3 is 35.0 Å². The van der Waals surface area contributed by atoms with Gasteiger partial charge in [-0.25, -0.2) is 0 Å². The Balaban J connectivity index is 0. The second kappa shape index (κ2) is 13.2. The molecule has 2 aliphatic heterocycles. The molecule has 7 heteroatoms. The third-order valence-electron chi connectivity index (χ3n) is 3.19. The van der Waals surface area contributed by atoms with Crippen LogP contribution < -0.4 is 0 Å². The summed E-state index contributed by atoms with van der Waals surface area (Å²) in [6.45, 7) is 11.4. The first-order chi connectivity index (χ1) is 10.4. The minimum atomic E-state index is -0.944. The molecule has 0 aliphatic carbocycles. The number of rotatable bonds is 1. The summed E-state index contributed by atoms with van der Waals surface area (Å²) < 4.78 is 9.86. The van der Waals surface area contributed by atoms with E-state index >= 15 is 0 Å². The van der Waals surface area contributed by atoms with Gasteiger partial charge in [0.1, 0.15) is 30.5 Å². The fourth-order valence-electron chi connectivity index (χ4n) is 1.85. The highest BCUT2D eigenvalue weighted by molar-refractivity contribution is 4.87. The Morgan fingerprint density at radius 3 is 1.45 bits per heavy atom. The van der Waals surface area contributed by atoms with Crippen LogP contribution in [0.2, 0.25) is 0 Å². The molecule has 136 valence electrons. The number of ether oxygens (including phenoxy) is 2. The van der Waals surface area contributed by atoms with Gasteiger partial charge in [-0.05, 0) is 13.8 Å². The van der Waals surface area contributed by atoms with Crippen molar-refractivity contribution >= 4 is 0 Å². The summed E-state index contributed by atoms with van der Waals surface area (Å²) in [7, 11) is 0. The predicted molar refractivity (Wildman–Crippen MR) is 83.6 cm³/mol. The summed E-state index contributed by atoms with van der Waals surface area (Å²) in [5.41, 5.74) is 0. The maximum Gasteiger partial charge on any atom is 0.111 e. The van der Waals surface area contributed by atoms with E-state index in [2.05, 4.69) is 0 Å². The van der Waals surface area contributed by atoms with Crippen molar-refractivity contribution in [1.82, 2.24) is 0 Å². The minimum Gasteiger partial charge on any atom is -0.394 e. The van der Waals surface area contributed by atoms with Crippen LogP contribution in [-0.2, 0) is 9.47 Å². The van der Waals surface area contributed by atoms with Crippen molar-refractivity contribution in [2.75, 3.05) is 13.2 Å². The van der Waals surface area contributed by atoms with Crippen molar-refractivity contribution in [3.8, 4) is 0 Å². The van der Waals surface area contributed by atoms with E-state index in [0.717, 1.165) is 0 Å². The first kappa shape index (κ1) is 24.0. The molecule has 0 spiro atoms. The Morgan fingerprint density at radius 1 is 0.818 bits per heavy atom. The van der Waals surface area contributed by atoms with Crippen molar-refractivity contribution in [3.05, 3.63) is 0 Å². The standard InChI is InChI=1S/C6H12O4.C5H10O3.2C2H6/c1-3-5(8)6(9)4(2-7)10-3;1-3-5(7)4(6)2-8-3;2*1-2/h3-9H,2H2,1H3;3-7H,2H2,1H3;2*1-2H3. The van der Waals surface area contributed by atoms with Crippen LogP contribution in [0.4, 0.5) is 0 Å². The van der Waals surface area contributed by atoms with E-state index in [1.165, 1.54) is 0 Å². The topological polar surface area (TPSA) is 120 Å². The minimum absolute atomic E-state index is 0.204. The summed E-state index contributed by atoms with van der Waals surface area (Å²) in [6.07, 6.45) is -4.38. The largest absolute Gasteiger partial charge is 0.394 e. The fraction of sp³-hybridized carbons (Fsp3) is 1.00. The molecular formula is C15H34O7. The van der Waals surface area contributed by atoms with Crippen LogP contribution in [0.3, 0.4) is 0 Å². The number of aliphatic hydroxyl groups is 5. The maximum atomic E-state index is 9.09. The van der Waals surface area contributed by atoms with Gasteiger partial charge in [0.15, 0.2) is 0 Å². The van der Waals surface area contributed by atoms with E-state index in [-0.39, 0.29) is 25.4 Å². The first-order valence-electron chi connectivity index (χ1n) is 7.98. The SMILES string of the molecule is CC.CC.CC1OC(CO)C(O)C1O.CC1OCC(O)C1O. The zero-order valence-electron chi connectivity index (χ0n) is 14.5. The van der Waals surface area contributed by atoms with E-state index < -0.39 is 30.5 Å². The average Bonchev–Trinajstić information content (AvgIpc) is 2.99. The van der Waals surface area contributed by atoms with Gasteiger partial charge in [0, 0.05) is 0 Å². The molecule has 0 radical (unpaired) electrons. The number of aliphatic hydroxyl groups excluding tert-OH is 5. The van der Waals surface area contributed by atoms with Gasteiger partial charge in [0.25, 0.3) is 0 Å². The second-order valence-corrected chi connectivity index (χ2v) is 4.64. The maximum absolute atomic E-state index is 9.09. The molecule has 2 aliphatic rings. The van der Waals surface area contributed by atoms with Crippen LogP contribution >= 0.6 is 0 Å². The van der Waals surface area contributed by atoms with Crippen molar-refractivity contribution in [2.45, 2.75) is 84.3 Å².